The van der Waals surface area contributed by atoms with Gasteiger partial charge in [0.1, 0.15) is 11.4 Å². The van der Waals surface area contributed by atoms with E-state index in [0.29, 0.717) is 5.56 Å². The largest absolute Gasteiger partial charge is 0.460 e. The maximum Gasteiger partial charge on any atom is 0.313 e. The molecular formula is C15H22FNO2. The normalized spacial score (nSPS) is 14.1. The molecule has 106 valence electrons. The van der Waals surface area contributed by atoms with Crippen LogP contribution in [0.15, 0.2) is 24.3 Å². The first-order valence-electron chi connectivity index (χ1n) is 6.29. The van der Waals surface area contributed by atoms with Crippen molar-refractivity contribution in [1.82, 2.24) is 0 Å². The number of halogens is 1. The molecule has 0 saturated heterocycles. The van der Waals surface area contributed by atoms with Gasteiger partial charge in [-0.1, -0.05) is 18.2 Å². The van der Waals surface area contributed by atoms with Gasteiger partial charge in [-0.05, 0) is 40.7 Å². The molecule has 0 radical (unpaired) electrons. The molecule has 19 heavy (non-hydrogen) atoms. The van der Waals surface area contributed by atoms with E-state index in [1.54, 1.807) is 52.8 Å². The van der Waals surface area contributed by atoms with Gasteiger partial charge in [-0.3, -0.25) is 4.79 Å². The Hall–Kier alpha value is -1.42. The molecule has 0 amide bonds. The standard InChI is InChI=1S/C15H22FNO2/c1-14(2,3)19-13(18)15(4,5)12(17)10-8-6-7-9-11(10)16/h6-9,12H,17H2,1-5H3. The molecule has 0 aliphatic rings. The van der Waals surface area contributed by atoms with E-state index in [4.69, 9.17) is 10.5 Å². The second-order valence-electron chi connectivity index (χ2n) is 6.22. The summed E-state index contributed by atoms with van der Waals surface area (Å²) in [6, 6.07) is 5.45. The molecule has 0 spiro atoms. The lowest BCUT2D eigenvalue weighted by atomic mass is 9.80. The van der Waals surface area contributed by atoms with Crippen molar-refractivity contribution < 1.29 is 13.9 Å². The zero-order valence-electron chi connectivity index (χ0n) is 12.2. The number of nitrogens with two attached hydrogens (primary N) is 1. The van der Waals surface area contributed by atoms with Crippen LogP contribution in [0.5, 0.6) is 0 Å². The van der Waals surface area contributed by atoms with Crippen LogP contribution in [0.4, 0.5) is 4.39 Å². The number of ether oxygens (including phenoxy) is 1. The topological polar surface area (TPSA) is 52.3 Å². The van der Waals surface area contributed by atoms with Gasteiger partial charge in [0.25, 0.3) is 0 Å². The molecule has 1 aromatic rings. The Morgan fingerprint density at radius 1 is 1.21 bits per heavy atom. The minimum absolute atomic E-state index is 0.318. The lowest BCUT2D eigenvalue weighted by Crippen LogP contribution is -2.41. The van der Waals surface area contributed by atoms with Crippen LogP contribution in [0, 0.1) is 11.2 Å². The zero-order valence-corrected chi connectivity index (χ0v) is 12.2. The minimum atomic E-state index is -1.00. The lowest BCUT2D eigenvalue weighted by Gasteiger charge is -2.33. The van der Waals surface area contributed by atoms with Crippen LogP contribution in [0.3, 0.4) is 0 Å². The van der Waals surface area contributed by atoms with Crippen LogP contribution < -0.4 is 5.73 Å². The summed E-state index contributed by atoms with van der Waals surface area (Å²) < 4.78 is 19.1. The monoisotopic (exact) mass is 267 g/mol. The van der Waals surface area contributed by atoms with E-state index in [2.05, 4.69) is 0 Å². The highest BCUT2D eigenvalue weighted by Gasteiger charge is 2.39. The second kappa shape index (κ2) is 5.29. The maximum absolute atomic E-state index is 13.7. The fraction of sp³-hybridized carbons (Fsp3) is 0.533. The summed E-state index contributed by atoms with van der Waals surface area (Å²) in [7, 11) is 0. The maximum atomic E-state index is 13.7. The predicted molar refractivity (Wildman–Crippen MR) is 73.0 cm³/mol. The second-order valence-corrected chi connectivity index (χ2v) is 6.22. The third-order valence-corrected chi connectivity index (χ3v) is 2.94. The number of carbonyl (C=O) groups excluding carboxylic acids is 1. The van der Waals surface area contributed by atoms with Gasteiger partial charge in [0.2, 0.25) is 0 Å². The summed E-state index contributed by atoms with van der Waals surface area (Å²) in [6.07, 6.45) is 0. The number of benzene rings is 1. The van der Waals surface area contributed by atoms with Gasteiger partial charge in [0.05, 0.1) is 5.41 Å². The molecule has 0 aromatic heterocycles. The molecule has 1 aromatic carbocycles. The average molecular weight is 267 g/mol. The van der Waals surface area contributed by atoms with Gasteiger partial charge in [-0.25, -0.2) is 4.39 Å². The highest BCUT2D eigenvalue weighted by Crippen LogP contribution is 2.34. The number of esters is 1. The third kappa shape index (κ3) is 3.77. The number of hydrogen-bond donors (Lipinski definition) is 1. The van der Waals surface area contributed by atoms with Crippen LogP contribution in [0.1, 0.15) is 46.2 Å². The average Bonchev–Trinajstić information content (AvgIpc) is 2.26. The SMILES string of the molecule is CC(C)(C)OC(=O)C(C)(C)C(N)c1ccccc1F. The molecule has 1 atom stereocenters. The summed E-state index contributed by atoms with van der Waals surface area (Å²) in [6.45, 7) is 8.69. The Labute approximate surface area is 113 Å². The fourth-order valence-electron chi connectivity index (χ4n) is 1.65. The van der Waals surface area contributed by atoms with Crippen molar-refractivity contribution in [3.8, 4) is 0 Å². The van der Waals surface area contributed by atoms with Crippen LogP contribution >= 0.6 is 0 Å². The Kier molecular flexibility index (Phi) is 4.35. The first kappa shape index (κ1) is 15.6. The molecule has 3 nitrogen and oxygen atoms in total. The van der Waals surface area contributed by atoms with Gasteiger partial charge >= 0.3 is 5.97 Å². The highest BCUT2D eigenvalue weighted by molar-refractivity contribution is 5.77. The third-order valence-electron chi connectivity index (χ3n) is 2.94. The van der Waals surface area contributed by atoms with E-state index in [1.165, 1.54) is 6.07 Å². The van der Waals surface area contributed by atoms with Crippen LogP contribution in [-0.4, -0.2) is 11.6 Å². The van der Waals surface area contributed by atoms with Crippen LogP contribution in [-0.2, 0) is 9.53 Å². The summed E-state index contributed by atoms with van der Waals surface area (Å²) >= 11 is 0. The molecule has 0 heterocycles. The Morgan fingerprint density at radius 3 is 2.21 bits per heavy atom. The summed E-state index contributed by atoms with van der Waals surface area (Å²) in [5, 5.41) is 0. The highest BCUT2D eigenvalue weighted by atomic mass is 19.1. The summed E-state index contributed by atoms with van der Waals surface area (Å²) in [5.74, 6) is -0.845. The molecule has 2 N–H and O–H groups in total. The van der Waals surface area contributed by atoms with Crippen molar-refractivity contribution in [3.05, 3.63) is 35.6 Å². The first-order valence-corrected chi connectivity index (χ1v) is 6.29. The van der Waals surface area contributed by atoms with Crippen molar-refractivity contribution in [3.63, 3.8) is 0 Å². The molecule has 0 saturated carbocycles. The van der Waals surface area contributed by atoms with E-state index >= 15 is 0 Å². The lowest BCUT2D eigenvalue weighted by molar-refractivity contribution is -0.167. The van der Waals surface area contributed by atoms with E-state index in [1.807, 2.05) is 0 Å². The molecule has 0 aliphatic heterocycles. The van der Waals surface area contributed by atoms with Gasteiger partial charge in [0, 0.05) is 11.6 Å². The summed E-state index contributed by atoms with van der Waals surface area (Å²) in [5.41, 5.74) is 4.77. The van der Waals surface area contributed by atoms with Gasteiger partial charge in [0.15, 0.2) is 0 Å². The van der Waals surface area contributed by atoms with Crippen LogP contribution in [0.25, 0.3) is 0 Å². The molecule has 4 heteroatoms. The number of carbonyl (C=O) groups is 1. The molecular weight excluding hydrogens is 245 g/mol. The van der Waals surface area contributed by atoms with Gasteiger partial charge < -0.3 is 10.5 Å². The van der Waals surface area contributed by atoms with Crippen molar-refractivity contribution in [2.45, 2.75) is 46.3 Å². The Bertz CT molecular complexity index is 463. The molecule has 0 bridgehead atoms. The van der Waals surface area contributed by atoms with Gasteiger partial charge in [-0.2, -0.15) is 0 Å². The number of rotatable bonds is 3. The van der Waals surface area contributed by atoms with E-state index in [9.17, 15) is 9.18 Å². The van der Waals surface area contributed by atoms with Gasteiger partial charge in [-0.15, -0.1) is 0 Å². The Balaban J connectivity index is 3.00. The zero-order chi connectivity index (χ0) is 14.8. The molecule has 0 aliphatic carbocycles. The first-order chi connectivity index (χ1) is 8.55. The molecule has 1 unspecified atom stereocenters. The molecule has 1 rings (SSSR count). The summed E-state index contributed by atoms with van der Waals surface area (Å²) in [4.78, 5) is 12.2. The van der Waals surface area contributed by atoms with Crippen molar-refractivity contribution in [2.75, 3.05) is 0 Å². The van der Waals surface area contributed by atoms with E-state index in [-0.39, 0.29) is 0 Å². The predicted octanol–water partition coefficient (Wildman–Crippen LogP) is 3.19. The smallest absolute Gasteiger partial charge is 0.313 e. The van der Waals surface area contributed by atoms with Crippen molar-refractivity contribution in [2.24, 2.45) is 11.1 Å². The molecule has 0 fully saturated rings. The number of hydrogen-bond acceptors (Lipinski definition) is 3. The minimum Gasteiger partial charge on any atom is -0.460 e. The van der Waals surface area contributed by atoms with E-state index in [0.717, 1.165) is 0 Å². The fourth-order valence-corrected chi connectivity index (χ4v) is 1.65. The van der Waals surface area contributed by atoms with Crippen molar-refractivity contribution in [1.29, 1.82) is 0 Å². The van der Waals surface area contributed by atoms with Crippen molar-refractivity contribution >= 4 is 5.97 Å². The van der Waals surface area contributed by atoms with Crippen LogP contribution in [0.2, 0.25) is 0 Å². The quantitative estimate of drug-likeness (QED) is 0.856. The van der Waals surface area contributed by atoms with E-state index < -0.39 is 28.8 Å². The Morgan fingerprint density at radius 2 is 1.74 bits per heavy atom.